The molecule has 9 rings (SSSR count). The molecule has 0 radical (unpaired) electrons. The van der Waals surface area contributed by atoms with E-state index >= 15 is 0 Å². The lowest BCUT2D eigenvalue weighted by Crippen LogP contribution is -1.92. The molecule has 0 aliphatic heterocycles. The number of hydrogen-bond donors (Lipinski definition) is 0. The van der Waals surface area contributed by atoms with Crippen molar-refractivity contribution in [2.45, 2.75) is 32.1 Å². The van der Waals surface area contributed by atoms with Crippen molar-refractivity contribution in [3.8, 4) is 33.4 Å². The fourth-order valence-electron chi connectivity index (χ4n) is 7.98. The molecule has 1 aliphatic rings. The normalized spacial score (nSPS) is 13.7. The van der Waals surface area contributed by atoms with Crippen molar-refractivity contribution < 1.29 is 0 Å². The molecule has 0 fully saturated rings. The van der Waals surface area contributed by atoms with E-state index in [2.05, 4.69) is 158 Å². The van der Waals surface area contributed by atoms with Crippen molar-refractivity contribution in [3.63, 3.8) is 0 Å². The number of allylic oxidation sites excluding steroid dienone is 2. The van der Waals surface area contributed by atoms with Gasteiger partial charge in [0.1, 0.15) is 0 Å². The van der Waals surface area contributed by atoms with Crippen LogP contribution in [-0.2, 0) is 0 Å². The molecule has 0 bridgehead atoms. The molecular weight excluding hydrogens is 565 g/mol. The Hall–Kier alpha value is -5.46. The molecule has 0 aromatic heterocycles. The van der Waals surface area contributed by atoms with Crippen LogP contribution in [0.2, 0.25) is 0 Å². The largest absolute Gasteiger partial charge is 0.0807 e. The Labute approximate surface area is 276 Å². The number of hydrogen-bond acceptors (Lipinski definition) is 0. The monoisotopic (exact) mass is 600 g/mol. The molecule has 0 heteroatoms. The van der Waals surface area contributed by atoms with E-state index < -0.39 is 0 Å². The fraction of sp³-hybridized carbons (Fsp3) is 0.106. The van der Waals surface area contributed by atoms with Gasteiger partial charge in [-0.25, -0.2) is 0 Å². The van der Waals surface area contributed by atoms with Gasteiger partial charge in [0, 0.05) is 0 Å². The van der Waals surface area contributed by atoms with Gasteiger partial charge >= 0.3 is 0 Å². The summed E-state index contributed by atoms with van der Waals surface area (Å²) in [5.41, 5.74) is 10.6. The van der Waals surface area contributed by atoms with E-state index in [1.54, 1.807) is 0 Å². The lowest BCUT2D eigenvalue weighted by atomic mass is 9.83. The third kappa shape index (κ3) is 4.84. The van der Waals surface area contributed by atoms with Gasteiger partial charge in [-0.05, 0) is 119 Å². The molecule has 0 N–H and O–H groups in total. The van der Waals surface area contributed by atoms with Crippen LogP contribution < -0.4 is 0 Å². The minimum absolute atomic E-state index is 1.19. The molecule has 224 valence electrons. The van der Waals surface area contributed by atoms with E-state index in [0.717, 1.165) is 0 Å². The van der Waals surface area contributed by atoms with Crippen molar-refractivity contribution in [2.75, 3.05) is 0 Å². The molecule has 0 unspecified atom stereocenters. The lowest BCUT2D eigenvalue weighted by molar-refractivity contribution is 0.720. The molecule has 0 amide bonds. The molecule has 0 saturated heterocycles. The Morgan fingerprint density at radius 3 is 1.57 bits per heavy atom. The Morgan fingerprint density at radius 1 is 0.340 bits per heavy atom. The van der Waals surface area contributed by atoms with Gasteiger partial charge in [-0.2, -0.15) is 0 Å². The molecule has 8 aromatic rings. The molecule has 47 heavy (non-hydrogen) atoms. The van der Waals surface area contributed by atoms with Crippen molar-refractivity contribution in [1.82, 2.24) is 0 Å². The Bertz CT molecular complexity index is 2420. The van der Waals surface area contributed by atoms with Crippen LogP contribution in [0.15, 0.2) is 158 Å². The van der Waals surface area contributed by atoms with Crippen LogP contribution >= 0.6 is 0 Å². The third-order valence-corrected chi connectivity index (χ3v) is 10.3. The van der Waals surface area contributed by atoms with Gasteiger partial charge in [0.05, 0.1) is 0 Å². The highest BCUT2D eigenvalue weighted by molar-refractivity contribution is 6.24. The minimum atomic E-state index is 1.19. The maximum atomic E-state index is 2.46. The summed E-state index contributed by atoms with van der Waals surface area (Å²) in [5, 5.41) is 10.3. The number of rotatable bonds is 4. The zero-order valence-electron chi connectivity index (χ0n) is 26.5. The fourth-order valence-corrected chi connectivity index (χ4v) is 7.98. The highest BCUT2D eigenvalue weighted by Gasteiger charge is 2.19. The quantitative estimate of drug-likeness (QED) is 0.176. The summed E-state index contributed by atoms with van der Waals surface area (Å²) < 4.78 is 0. The van der Waals surface area contributed by atoms with Crippen LogP contribution in [0.25, 0.3) is 82.0 Å². The van der Waals surface area contributed by atoms with E-state index in [0.29, 0.717) is 0 Å². The summed E-state index contributed by atoms with van der Waals surface area (Å²) >= 11 is 0. The van der Waals surface area contributed by atoms with Gasteiger partial charge in [-0.1, -0.05) is 158 Å². The van der Waals surface area contributed by atoms with Crippen molar-refractivity contribution >= 4 is 48.7 Å². The van der Waals surface area contributed by atoms with Gasteiger partial charge < -0.3 is 0 Å². The molecule has 8 aromatic carbocycles. The number of fused-ring (bicyclic) bond motifs is 4. The van der Waals surface area contributed by atoms with Gasteiger partial charge in [-0.3, -0.25) is 0 Å². The molecular formula is C47H36. The lowest BCUT2D eigenvalue weighted by Gasteiger charge is -2.20. The summed E-state index contributed by atoms with van der Waals surface area (Å²) in [5.74, 6) is 0. The van der Waals surface area contributed by atoms with Gasteiger partial charge in [0.15, 0.2) is 0 Å². The second-order valence-corrected chi connectivity index (χ2v) is 13.0. The van der Waals surface area contributed by atoms with Crippen molar-refractivity contribution in [3.05, 3.63) is 163 Å². The van der Waals surface area contributed by atoms with E-state index in [1.807, 2.05) is 0 Å². The molecule has 0 saturated carbocycles. The average Bonchev–Trinajstić information content (AvgIpc) is 3.43. The summed E-state index contributed by atoms with van der Waals surface area (Å²) in [6, 6.07) is 56.5. The smallest absolute Gasteiger partial charge is 0.00201 e. The zero-order valence-corrected chi connectivity index (χ0v) is 26.5. The van der Waals surface area contributed by atoms with Gasteiger partial charge in [0.2, 0.25) is 0 Å². The Kier molecular flexibility index (Phi) is 6.94. The third-order valence-electron chi connectivity index (χ3n) is 10.3. The second-order valence-electron chi connectivity index (χ2n) is 13.0. The second kappa shape index (κ2) is 11.7. The summed E-state index contributed by atoms with van der Waals surface area (Å²) in [4.78, 5) is 0. The first-order chi connectivity index (χ1) is 23.3. The maximum Gasteiger partial charge on any atom is -0.00201 e. The van der Waals surface area contributed by atoms with Crippen LogP contribution in [0, 0.1) is 0 Å². The van der Waals surface area contributed by atoms with Crippen LogP contribution in [0.5, 0.6) is 0 Å². The summed E-state index contributed by atoms with van der Waals surface area (Å²) in [6.45, 7) is 0. The molecule has 0 nitrogen and oxygen atoms in total. The first-order valence-electron chi connectivity index (χ1n) is 17.1. The predicted molar refractivity (Wildman–Crippen MR) is 204 cm³/mol. The Balaban J connectivity index is 1.25. The predicted octanol–water partition coefficient (Wildman–Crippen LogP) is 13.6. The first-order valence-corrected chi connectivity index (χ1v) is 17.1. The standard InChI is InChI=1S/C47H36/c1-2-4-14-32(13-3-1)34-23-26-35(27-24-34)38-29-30-45(40-18-8-7-17-39(38)40)47-43-21-11-9-19-41(43)46(42-20-10-12-22-44(42)47)37-28-25-33-15-5-6-16-36(33)31-37/h5-13,15-31H,1-4,14H2. The topological polar surface area (TPSA) is 0 Å². The van der Waals surface area contributed by atoms with Crippen LogP contribution in [0.3, 0.4) is 0 Å². The minimum Gasteiger partial charge on any atom is -0.0807 e. The SMILES string of the molecule is C1=C(c2ccc(-c3ccc(-c4c5ccccc5c(-c5ccc6ccccc6c5)c5ccccc45)c4ccccc34)cc2)CCCCC1. The highest BCUT2D eigenvalue weighted by atomic mass is 14.2. The molecule has 0 atom stereocenters. The average molecular weight is 601 g/mol. The summed E-state index contributed by atoms with van der Waals surface area (Å²) in [6.07, 6.45) is 8.82. The van der Waals surface area contributed by atoms with Crippen LogP contribution in [-0.4, -0.2) is 0 Å². The summed E-state index contributed by atoms with van der Waals surface area (Å²) in [7, 11) is 0. The van der Waals surface area contributed by atoms with Crippen LogP contribution in [0.4, 0.5) is 0 Å². The van der Waals surface area contributed by atoms with Crippen molar-refractivity contribution in [1.29, 1.82) is 0 Å². The first kappa shape index (κ1) is 27.8. The highest BCUT2D eigenvalue weighted by Crippen LogP contribution is 2.46. The molecule has 1 aliphatic carbocycles. The van der Waals surface area contributed by atoms with E-state index in [4.69, 9.17) is 0 Å². The van der Waals surface area contributed by atoms with Crippen molar-refractivity contribution in [2.24, 2.45) is 0 Å². The zero-order chi connectivity index (χ0) is 31.2. The Morgan fingerprint density at radius 2 is 0.872 bits per heavy atom. The maximum absolute atomic E-state index is 2.46. The van der Waals surface area contributed by atoms with Gasteiger partial charge in [0.25, 0.3) is 0 Å². The van der Waals surface area contributed by atoms with Gasteiger partial charge in [-0.15, -0.1) is 0 Å². The van der Waals surface area contributed by atoms with E-state index in [1.165, 1.54) is 120 Å². The molecule has 0 spiro atoms. The number of benzene rings is 8. The van der Waals surface area contributed by atoms with E-state index in [-0.39, 0.29) is 0 Å². The molecule has 0 heterocycles. The van der Waals surface area contributed by atoms with Crippen LogP contribution in [0.1, 0.15) is 37.7 Å². The van der Waals surface area contributed by atoms with E-state index in [9.17, 15) is 0 Å².